The Morgan fingerprint density at radius 2 is 1.50 bits per heavy atom. The summed E-state index contributed by atoms with van der Waals surface area (Å²) in [6.07, 6.45) is 4.03. The standard InChI is InChI=1S/C35H34BrCl2N3O4S/c36-27-12-9-15-29(22-27)41(46(44,45)30-16-5-2-6-17-30)24-34(42)40(23-26-18-19-31(37)32(38)20-26)33(21-25-10-3-1-4-11-25)35(43)39-28-13-7-8-14-28/h1-6,9-12,15-20,22,28,33H,7-8,13-14,21,23-24H2,(H,39,43). The van der Waals surface area contributed by atoms with E-state index in [4.69, 9.17) is 23.2 Å². The molecule has 1 unspecified atom stereocenters. The quantitative estimate of drug-likeness (QED) is 0.162. The molecule has 1 aliphatic carbocycles. The maximum absolute atomic E-state index is 14.6. The van der Waals surface area contributed by atoms with E-state index in [1.807, 2.05) is 30.3 Å². The summed E-state index contributed by atoms with van der Waals surface area (Å²) in [6, 6.07) is 28.3. The lowest BCUT2D eigenvalue weighted by Crippen LogP contribution is -2.54. The lowest BCUT2D eigenvalue weighted by atomic mass is 10.0. The van der Waals surface area contributed by atoms with Gasteiger partial charge in [-0.05, 0) is 66.4 Å². The van der Waals surface area contributed by atoms with Crippen molar-refractivity contribution in [2.45, 2.75) is 55.6 Å². The van der Waals surface area contributed by atoms with E-state index in [2.05, 4.69) is 21.2 Å². The molecular formula is C35H34BrCl2N3O4S. The van der Waals surface area contributed by atoms with Crippen LogP contribution in [0, 0.1) is 0 Å². The van der Waals surface area contributed by atoms with Crippen LogP contribution in [-0.4, -0.2) is 43.8 Å². The van der Waals surface area contributed by atoms with Crippen molar-refractivity contribution in [3.63, 3.8) is 0 Å². The van der Waals surface area contributed by atoms with Gasteiger partial charge in [0.05, 0.1) is 20.6 Å². The van der Waals surface area contributed by atoms with Gasteiger partial charge in [-0.3, -0.25) is 13.9 Å². The number of halogens is 3. The normalized spacial score (nSPS) is 14.1. The molecule has 4 aromatic carbocycles. The van der Waals surface area contributed by atoms with Crippen molar-refractivity contribution >= 4 is 66.7 Å². The summed E-state index contributed by atoms with van der Waals surface area (Å²) in [7, 11) is -4.18. The monoisotopic (exact) mass is 741 g/mol. The summed E-state index contributed by atoms with van der Waals surface area (Å²) in [5.41, 5.74) is 1.81. The van der Waals surface area contributed by atoms with Crippen molar-refractivity contribution in [3.05, 3.63) is 129 Å². The SMILES string of the molecule is O=C(NC1CCCC1)C(Cc1ccccc1)N(Cc1ccc(Cl)c(Cl)c1)C(=O)CN(c1cccc(Br)c1)S(=O)(=O)c1ccccc1. The molecule has 5 rings (SSSR count). The average Bonchev–Trinajstić information content (AvgIpc) is 3.57. The number of hydrogen-bond acceptors (Lipinski definition) is 4. The molecule has 1 aliphatic rings. The number of amides is 2. The summed E-state index contributed by atoms with van der Waals surface area (Å²) >= 11 is 16.0. The Bertz CT molecular complexity index is 1770. The molecule has 4 aromatic rings. The Morgan fingerprint density at radius 1 is 0.826 bits per heavy atom. The van der Waals surface area contributed by atoms with E-state index in [1.54, 1.807) is 60.7 Å². The smallest absolute Gasteiger partial charge is 0.264 e. The van der Waals surface area contributed by atoms with Crippen LogP contribution in [0.1, 0.15) is 36.8 Å². The molecule has 0 radical (unpaired) electrons. The molecule has 2 amide bonds. The van der Waals surface area contributed by atoms with Crippen LogP contribution in [0.2, 0.25) is 10.0 Å². The van der Waals surface area contributed by atoms with Gasteiger partial charge in [-0.15, -0.1) is 0 Å². The topological polar surface area (TPSA) is 86.8 Å². The van der Waals surface area contributed by atoms with Gasteiger partial charge in [0.15, 0.2) is 0 Å². The van der Waals surface area contributed by atoms with Crippen LogP contribution in [0.15, 0.2) is 112 Å². The summed E-state index contributed by atoms with van der Waals surface area (Å²) in [6.45, 7) is -0.542. The van der Waals surface area contributed by atoms with Crippen LogP contribution in [0.5, 0.6) is 0 Å². The third-order valence-corrected chi connectivity index (χ3v) is 11.0. The number of rotatable bonds is 12. The number of nitrogens with zero attached hydrogens (tertiary/aromatic N) is 2. The average molecular weight is 744 g/mol. The summed E-state index contributed by atoms with van der Waals surface area (Å²) in [4.78, 5) is 30.2. The molecule has 0 aliphatic heterocycles. The highest BCUT2D eigenvalue weighted by atomic mass is 79.9. The van der Waals surface area contributed by atoms with Crippen LogP contribution < -0.4 is 9.62 Å². The van der Waals surface area contributed by atoms with Crippen molar-refractivity contribution in [2.75, 3.05) is 10.8 Å². The zero-order valence-corrected chi connectivity index (χ0v) is 28.9. The number of carbonyl (C=O) groups excluding carboxylic acids is 2. The van der Waals surface area contributed by atoms with Gasteiger partial charge < -0.3 is 10.2 Å². The van der Waals surface area contributed by atoms with Gasteiger partial charge in [-0.1, -0.05) is 113 Å². The Balaban J connectivity index is 1.57. The molecule has 0 saturated heterocycles. The zero-order chi connectivity index (χ0) is 32.7. The third kappa shape index (κ3) is 8.50. The van der Waals surface area contributed by atoms with Gasteiger partial charge in [-0.25, -0.2) is 8.42 Å². The lowest BCUT2D eigenvalue weighted by Gasteiger charge is -2.34. The van der Waals surface area contributed by atoms with Crippen LogP contribution in [0.3, 0.4) is 0 Å². The molecule has 1 atom stereocenters. The number of benzene rings is 4. The first kappa shape index (κ1) is 34.0. The molecule has 1 N–H and O–H groups in total. The van der Waals surface area contributed by atoms with Crippen molar-refractivity contribution in [1.82, 2.24) is 10.2 Å². The van der Waals surface area contributed by atoms with Crippen LogP contribution in [-0.2, 0) is 32.6 Å². The minimum absolute atomic E-state index is 0.00299. The second kappa shape index (κ2) is 15.5. The lowest BCUT2D eigenvalue weighted by molar-refractivity contribution is -0.140. The van der Waals surface area contributed by atoms with Gasteiger partial charge in [-0.2, -0.15) is 0 Å². The fourth-order valence-electron chi connectivity index (χ4n) is 5.64. The minimum atomic E-state index is -4.18. The van der Waals surface area contributed by atoms with Crippen LogP contribution in [0.25, 0.3) is 0 Å². The minimum Gasteiger partial charge on any atom is -0.352 e. The molecule has 0 bridgehead atoms. The van der Waals surface area contributed by atoms with E-state index < -0.39 is 28.5 Å². The maximum atomic E-state index is 14.6. The van der Waals surface area contributed by atoms with E-state index in [1.165, 1.54) is 17.0 Å². The largest absolute Gasteiger partial charge is 0.352 e. The molecular weight excluding hydrogens is 709 g/mol. The Hall–Kier alpha value is -3.37. The van der Waals surface area contributed by atoms with Crippen LogP contribution >= 0.6 is 39.1 Å². The van der Waals surface area contributed by atoms with Gasteiger partial charge >= 0.3 is 0 Å². The van der Waals surface area contributed by atoms with Crippen molar-refractivity contribution < 1.29 is 18.0 Å². The fourth-order valence-corrected chi connectivity index (χ4v) is 7.77. The van der Waals surface area contributed by atoms with E-state index in [0.29, 0.717) is 25.8 Å². The highest BCUT2D eigenvalue weighted by Gasteiger charge is 2.35. The first-order chi connectivity index (χ1) is 22.1. The van der Waals surface area contributed by atoms with Crippen molar-refractivity contribution in [3.8, 4) is 0 Å². The Kier molecular flexibility index (Phi) is 11.4. The third-order valence-electron chi connectivity index (χ3n) is 8.02. The van der Waals surface area contributed by atoms with Crippen molar-refractivity contribution in [2.24, 2.45) is 0 Å². The van der Waals surface area contributed by atoms with Gasteiger partial charge in [0.2, 0.25) is 11.8 Å². The second-order valence-corrected chi connectivity index (χ2v) is 14.9. The van der Waals surface area contributed by atoms with Gasteiger partial charge in [0.1, 0.15) is 12.6 Å². The number of sulfonamides is 1. The number of nitrogens with one attached hydrogen (secondary N) is 1. The number of anilines is 1. The van der Waals surface area contributed by atoms with E-state index in [0.717, 1.165) is 35.6 Å². The molecule has 0 aromatic heterocycles. The highest BCUT2D eigenvalue weighted by Crippen LogP contribution is 2.29. The predicted octanol–water partition coefficient (Wildman–Crippen LogP) is 7.65. The predicted molar refractivity (Wildman–Crippen MR) is 186 cm³/mol. The number of hydrogen-bond donors (Lipinski definition) is 1. The van der Waals surface area contributed by atoms with E-state index >= 15 is 0 Å². The first-order valence-electron chi connectivity index (χ1n) is 15.0. The van der Waals surface area contributed by atoms with Crippen molar-refractivity contribution in [1.29, 1.82) is 0 Å². The zero-order valence-electron chi connectivity index (χ0n) is 25.0. The molecule has 11 heteroatoms. The molecule has 1 fully saturated rings. The first-order valence-corrected chi connectivity index (χ1v) is 18.0. The summed E-state index contributed by atoms with van der Waals surface area (Å²) < 4.78 is 29.9. The molecule has 0 heterocycles. The summed E-state index contributed by atoms with van der Waals surface area (Å²) in [5, 5.41) is 3.84. The molecule has 7 nitrogen and oxygen atoms in total. The maximum Gasteiger partial charge on any atom is 0.264 e. The van der Waals surface area contributed by atoms with Gasteiger partial charge in [0.25, 0.3) is 10.0 Å². The summed E-state index contributed by atoms with van der Waals surface area (Å²) in [5.74, 6) is -0.836. The van der Waals surface area contributed by atoms with Gasteiger partial charge in [0, 0.05) is 23.5 Å². The molecule has 1 saturated carbocycles. The second-order valence-electron chi connectivity index (χ2n) is 11.3. The Labute approximate surface area is 288 Å². The van der Waals surface area contributed by atoms with E-state index in [-0.39, 0.29) is 29.8 Å². The fraction of sp³-hybridized carbons (Fsp3) is 0.257. The molecule has 46 heavy (non-hydrogen) atoms. The highest BCUT2D eigenvalue weighted by molar-refractivity contribution is 9.10. The number of carbonyl (C=O) groups is 2. The molecule has 240 valence electrons. The molecule has 0 spiro atoms. The van der Waals surface area contributed by atoms with E-state index in [9.17, 15) is 18.0 Å². The Morgan fingerprint density at radius 3 is 2.15 bits per heavy atom. The van der Waals surface area contributed by atoms with Crippen LogP contribution in [0.4, 0.5) is 5.69 Å².